The molecule has 0 unspecified atom stereocenters. The maximum atomic E-state index is 8.90. The minimum atomic E-state index is 0.600. The summed E-state index contributed by atoms with van der Waals surface area (Å²) in [6.07, 6.45) is 0. The Morgan fingerprint density at radius 2 is 1.13 bits per heavy atom. The van der Waals surface area contributed by atoms with Crippen molar-refractivity contribution < 1.29 is 5.21 Å². The molecule has 0 saturated carbocycles. The van der Waals surface area contributed by atoms with Crippen molar-refractivity contribution in [2.75, 3.05) is 4.90 Å². The van der Waals surface area contributed by atoms with Gasteiger partial charge >= 0.3 is 0 Å². The Morgan fingerprint density at radius 3 is 1.57 bits per heavy atom. The van der Waals surface area contributed by atoms with Crippen LogP contribution in [-0.2, 0) is 0 Å². The summed E-state index contributed by atoms with van der Waals surface area (Å²) in [5.74, 6) is 0. The van der Waals surface area contributed by atoms with E-state index in [4.69, 9.17) is 5.21 Å². The van der Waals surface area contributed by atoms with E-state index in [1.54, 1.807) is 6.92 Å². The maximum absolute atomic E-state index is 8.90. The predicted octanol–water partition coefficient (Wildman–Crippen LogP) is 5.35. The molecule has 3 aromatic carbocycles. The van der Waals surface area contributed by atoms with Crippen LogP contribution in [0.2, 0.25) is 0 Å². The van der Waals surface area contributed by atoms with Gasteiger partial charge in [-0.3, -0.25) is 0 Å². The largest absolute Gasteiger partial charge is 0.411 e. The molecule has 1 N–H and O–H groups in total. The highest BCUT2D eigenvalue weighted by atomic mass is 16.4. The van der Waals surface area contributed by atoms with Crippen LogP contribution in [0.5, 0.6) is 0 Å². The first-order valence-electron chi connectivity index (χ1n) is 7.49. The lowest BCUT2D eigenvalue weighted by Crippen LogP contribution is -2.09. The summed E-state index contributed by atoms with van der Waals surface area (Å²) < 4.78 is 0. The van der Waals surface area contributed by atoms with Crippen molar-refractivity contribution in [3.8, 4) is 0 Å². The highest BCUT2D eigenvalue weighted by Crippen LogP contribution is 2.33. The van der Waals surface area contributed by atoms with Crippen molar-refractivity contribution in [3.63, 3.8) is 0 Å². The number of nitrogens with zero attached hydrogens (tertiary/aromatic N) is 2. The van der Waals surface area contributed by atoms with Gasteiger partial charge in [0.2, 0.25) is 0 Å². The molecule has 3 heteroatoms. The summed E-state index contributed by atoms with van der Waals surface area (Å²) in [6.45, 7) is 1.78. The monoisotopic (exact) mass is 302 g/mol. The third kappa shape index (κ3) is 3.24. The molecule has 0 aliphatic carbocycles. The number of para-hydroxylation sites is 2. The molecule has 0 amide bonds. The molecule has 0 aliphatic heterocycles. The number of oxime groups is 1. The lowest BCUT2D eigenvalue weighted by atomic mass is 10.1. The summed E-state index contributed by atoms with van der Waals surface area (Å²) >= 11 is 0. The van der Waals surface area contributed by atoms with Crippen LogP contribution in [0, 0.1) is 0 Å². The van der Waals surface area contributed by atoms with Gasteiger partial charge < -0.3 is 10.1 Å². The zero-order chi connectivity index (χ0) is 16.1. The zero-order valence-corrected chi connectivity index (χ0v) is 12.9. The first-order valence-corrected chi connectivity index (χ1v) is 7.49. The van der Waals surface area contributed by atoms with Crippen LogP contribution in [0.3, 0.4) is 0 Å². The molecular weight excluding hydrogens is 284 g/mol. The lowest BCUT2D eigenvalue weighted by Gasteiger charge is -2.25. The van der Waals surface area contributed by atoms with E-state index < -0.39 is 0 Å². The number of rotatable bonds is 4. The second-order valence-electron chi connectivity index (χ2n) is 5.24. The molecule has 3 rings (SSSR count). The molecule has 0 spiro atoms. The second-order valence-corrected chi connectivity index (χ2v) is 5.24. The molecule has 0 bridgehead atoms. The minimum absolute atomic E-state index is 0.600. The van der Waals surface area contributed by atoms with Crippen LogP contribution in [0.25, 0.3) is 0 Å². The Labute approximate surface area is 136 Å². The van der Waals surface area contributed by atoms with E-state index in [2.05, 4.69) is 34.3 Å². The Kier molecular flexibility index (Phi) is 4.39. The van der Waals surface area contributed by atoms with Gasteiger partial charge in [-0.1, -0.05) is 53.7 Å². The standard InChI is InChI=1S/C20H18N2O/c1-16(21-23)17-12-14-20(15-13-17)22(18-8-4-2-5-9-18)19-10-6-3-7-11-19/h2-15,23H,1H3. The van der Waals surface area contributed by atoms with Crippen molar-refractivity contribution >= 4 is 22.8 Å². The second kappa shape index (κ2) is 6.79. The van der Waals surface area contributed by atoms with E-state index in [1.807, 2.05) is 60.7 Å². The van der Waals surface area contributed by atoms with Crippen molar-refractivity contribution in [2.45, 2.75) is 6.92 Å². The molecule has 3 nitrogen and oxygen atoms in total. The fraction of sp³-hybridized carbons (Fsp3) is 0.0500. The summed E-state index contributed by atoms with van der Waals surface area (Å²) in [4.78, 5) is 2.19. The molecule has 0 aliphatic rings. The van der Waals surface area contributed by atoms with Crippen molar-refractivity contribution in [1.29, 1.82) is 0 Å². The molecule has 0 aromatic heterocycles. The quantitative estimate of drug-likeness (QED) is 0.400. The lowest BCUT2D eigenvalue weighted by molar-refractivity contribution is 0.319. The van der Waals surface area contributed by atoms with Crippen molar-refractivity contribution in [2.24, 2.45) is 5.16 Å². The fourth-order valence-corrected chi connectivity index (χ4v) is 2.51. The predicted molar refractivity (Wildman–Crippen MR) is 95.1 cm³/mol. The van der Waals surface area contributed by atoms with Crippen LogP contribution in [0.1, 0.15) is 12.5 Å². The number of benzene rings is 3. The first kappa shape index (κ1) is 14.9. The minimum Gasteiger partial charge on any atom is -0.411 e. The summed E-state index contributed by atoms with van der Waals surface area (Å²) in [5.41, 5.74) is 4.75. The SMILES string of the molecule is CC(=NO)c1ccc(N(c2ccccc2)c2ccccc2)cc1. The molecule has 114 valence electrons. The van der Waals surface area contributed by atoms with Gasteiger partial charge in [0.05, 0.1) is 5.71 Å². The summed E-state index contributed by atoms with van der Waals surface area (Å²) in [5, 5.41) is 12.2. The van der Waals surface area contributed by atoms with Crippen LogP contribution in [0.4, 0.5) is 17.1 Å². The molecule has 0 atom stereocenters. The van der Waals surface area contributed by atoms with Crippen LogP contribution in [-0.4, -0.2) is 10.9 Å². The Bertz CT molecular complexity index is 741. The Hall–Kier alpha value is -3.07. The highest BCUT2D eigenvalue weighted by Gasteiger charge is 2.11. The third-order valence-electron chi connectivity index (χ3n) is 3.72. The van der Waals surface area contributed by atoms with Crippen molar-refractivity contribution in [1.82, 2.24) is 0 Å². The van der Waals surface area contributed by atoms with E-state index in [9.17, 15) is 0 Å². The number of anilines is 3. The molecule has 0 saturated heterocycles. The Morgan fingerprint density at radius 1 is 0.696 bits per heavy atom. The maximum Gasteiger partial charge on any atom is 0.0836 e. The molecule has 0 heterocycles. The summed E-state index contributed by atoms with van der Waals surface area (Å²) in [7, 11) is 0. The van der Waals surface area contributed by atoms with E-state index in [1.165, 1.54) is 0 Å². The molecule has 23 heavy (non-hydrogen) atoms. The van der Waals surface area contributed by atoms with Crippen LogP contribution in [0.15, 0.2) is 90.1 Å². The van der Waals surface area contributed by atoms with E-state index >= 15 is 0 Å². The molecule has 3 aromatic rings. The number of hydrogen-bond donors (Lipinski definition) is 1. The van der Waals surface area contributed by atoms with E-state index in [0.29, 0.717) is 5.71 Å². The smallest absolute Gasteiger partial charge is 0.0836 e. The van der Waals surface area contributed by atoms with Gasteiger partial charge in [-0.05, 0) is 48.9 Å². The number of hydrogen-bond acceptors (Lipinski definition) is 3. The molecular formula is C20H18N2O. The molecule has 0 radical (unpaired) electrons. The van der Waals surface area contributed by atoms with Crippen LogP contribution >= 0.6 is 0 Å². The first-order chi connectivity index (χ1) is 11.3. The van der Waals surface area contributed by atoms with Crippen molar-refractivity contribution in [3.05, 3.63) is 90.5 Å². The van der Waals surface area contributed by atoms with Gasteiger partial charge in [-0.2, -0.15) is 0 Å². The molecule has 0 fully saturated rings. The van der Waals surface area contributed by atoms with E-state index in [0.717, 1.165) is 22.6 Å². The van der Waals surface area contributed by atoms with Gasteiger partial charge in [-0.25, -0.2) is 0 Å². The van der Waals surface area contributed by atoms with E-state index in [-0.39, 0.29) is 0 Å². The van der Waals surface area contributed by atoms with Gasteiger partial charge in [0.15, 0.2) is 0 Å². The Balaban J connectivity index is 2.06. The zero-order valence-electron chi connectivity index (χ0n) is 12.9. The summed E-state index contributed by atoms with van der Waals surface area (Å²) in [6, 6.07) is 28.5. The van der Waals surface area contributed by atoms with Crippen LogP contribution < -0.4 is 4.90 Å². The van der Waals surface area contributed by atoms with Gasteiger partial charge in [0.1, 0.15) is 0 Å². The average molecular weight is 302 g/mol. The van der Waals surface area contributed by atoms with Gasteiger partial charge in [0, 0.05) is 17.1 Å². The van der Waals surface area contributed by atoms with Gasteiger partial charge in [0.25, 0.3) is 0 Å². The fourth-order valence-electron chi connectivity index (χ4n) is 2.51. The topological polar surface area (TPSA) is 35.8 Å². The normalized spacial score (nSPS) is 11.3. The highest BCUT2D eigenvalue weighted by molar-refractivity contribution is 5.98. The van der Waals surface area contributed by atoms with Gasteiger partial charge in [-0.15, -0.1) is 0 Å². The average Bonchev–Trinajstić information content (AvgIpc) is 2.64. The third-order valence-corrected chi connectivity index (χ3v) is 3.72.